The Bertz CT molecular complexity index is 33.0. The highest BCUT2D eigenvalue weighted by molar-refractivity contribution is 4.14. The number of hydrogen-bond acceptors (Lipinski definition) is 4. The molecule has 4 nitrogen and oxygen atoms in total. The van der Waals surface area contributed by atoms with Gasteiger partial charge in [-0.3, -0.25) is 0 Å². The molecule has 0 atom stereocenters. The smallest absolute Gasteiger partial charge is 0.109 e. The first-order chi connectivity index (χ1) is 3.91. The first-order valence-corrected chi connectivity index (χ1v) is 2.23. The van der Waals surface area contributed by atoms with Crippen molar-refractivity contribution in [2.24, 2.45) is 0 Å². The van der Waals surface area contributed by atoms with Gasteiger partial charge in [-0.15, -0.1) is 0 Å². The van der Waals surface area contributed by atoms with Crippen LogP contribution < -0.4 is 0 Å². The number of rotatable bonds is 5. The maximum absolute atomic E-state index is 4.43. The highest BCUT2D eigenvalue weighted by Crippen LogP contribution is 1.75. The van der Waals surface area contributed by atoms with E-state index in [4.69, 9.17) is 0 Å². The van der Waals surface area contributed by atoms with E-state index in [0.717, 1.165) is 0 Å². The van der Waals surface area contributed by atoms with Crippen LogP contribution in [-0.2, 0) is 19.6 Å². The lowest BCUT2D eigenvalue weighted by atomic mass is 10.8. The van der Waals surface area contributed by atoms with E-state index in [-0.39, 0.29) is 0 Å². The predicted octanol–water partition coefficient (Wildman–Crippen LogP) is 0.142. The molecule has 0 aromatic carbocycles. The Morgan fingerprint density at radius 3 is 1.50 bits per heavy atom. The summed E-state index contributed by atoms with van der Waals surface area (Å²) < 4.78 is 0. The van der Waals surface area contributed by atoms with Gasteiger partial charge in [-0.25, -0.2) is 19.6 Å². The van der Waals surface area contributed by atoms with Crippen LogP contribution in [0.4, 0.5) is 0 Å². The van der Waals surface area contributed by atoms with E-state index in [2.05, 4.69) is 19.6 Å². The van der Waals surface area contributed by atoms with E-state index in [0.29, 0.717) is 13.2 Å². The van der Waals surface area contributed by atoms with Gasteiger partial charge in [0.05, 0.1) is 14.2 Å². The van der Waals surface area contributed by atoms with E-state index in [9.17, 15) is 0 Å². The van der Waals surface area contributed by atoms with Crippen molar-refractivity contribution < 1.29 is 19.6 Å². The van der Waals surface area contributed by atoms with Crippen LogP contribution >= 0.6 is 0 Å². The van der Waals surface area contributed by atoms with E-state index < -0.39 is 0 Å². The van der Waals surface area contributed by atoms with Gasteiger partial charge >= 0.3 is 0 Å². The second-order valence-corrected chi connectivity index (χ2v) is 0.977. The summed E-state index contributed by atoms with van der Waals surface area (Å²) in [6, 6.07) is 0. The zero-order chi connectivity index (χ0) is 6.24. The van der Waals surface area contributed by atoms with Crippen molar-refractivity contribution in [1.82, 2.24) is 0 Å². The summed E-state index contributed by atoms with van der Waals surface area (Å²) in [5.41, 5.74) is 0. The van der Waals surface area contributed by atoms with Crippen molar-refractivity contribution >= 4 is 0 Å². The van der Waals surface area contributed by atoms with Crippen molar-refractivity contribution in [2.45, 2.75) is 0 Å². The predicted molar refractivity (Wildman–Crippen MR) is 25.9 cm³/mol. The van der Waals surface area contributed by atoms with Gasteiger partial charge in [0.25, 0.3) is 0 Å². The average molecular weight is 122 g/mol. The summed E-state index contributed by atoms with van der Waals surface area (Å²) in [7, 11) is 2.87. The topological polar surface area (TPSA) is 36.9 Å². The summed E-state index contributed by atoms with van der Waals surface area (Å²) in [5, 5.41) is 0. The third-order valence-electron chi connectivity index (χ3n) is 0.486. The van der Waals surface area contributed by atoms with Crippen LogP contribution in [0, 0.1) is 0 Å². The van der Waals surface area contributed by atoms with E-state index in [1.807, 2.05) is 0 Å². The minimum absolute atomic E-state index is 0.379. The standard InChI is InChI=1S/C4H10O4/c1-5-7-3-4-8-6-2/h3-4H2,1-2H3. The molecule has 0 aliphatic heterocycles. The van der Waals surface area contributed by atoms with Gasteiger partial charge in [0.2, 0.25) is 0 Å². The lowest BCUT2D eigenvalue weighted by Crippen LogP contribution is -2.01. The van der Waals surface area contributed by atoms with E-state index >= 15 is 0 Å². The van der Waals surface area contributed by atoms with Crippen LogP contribution in [0.5, 0.6) is 0 Å². The Kier molecular flexibility index (Phi) is 6.70. The molecule has 0 amide bonds. The average Bonchev–Trinajstić information content (AvgIpc) is 1.81. The first kappa shape index (κ1) is 7.84. The van der Waals surface area contributed by atoms with Gasteiger partial charge in [0.15, 0.2) is 0 Å². The molecule has 0 aromatic rings. The molecule has 0 unspecified atom stereocenters. The molecule has 0 fully saturated rings. The van der Waals surface area contributed by atoms with Crippen molar-refractivity contribution in [2.75, 3.05) is 27.4 Å². The van der Waals surface area contributed by atoms with Crippen molar-refractivity contribution in [3.8, 4) is 0 Å². The molecule has 0 N–H and O–H groups in total. The number of hydrogen-bond donors (Lipinski definition) is 0. The molecule has 50 valence electrons. The Labute approximate surface area is 48.1 Å². The largest absolute Gasteiger partial charge is 0.240 e. The van der Waals surface area contributed by atoms with Crippen LogP contribution in [0.15, 0.2) is 0 Å². The fourth-order valence-electron chi connectivity index (χ4n) is 0.235. The third kappa shape index (κ3) is 5.84. The summed E-state index contributed by atoms with van der Waals surface area (Å²) in [6.07, 6.45) is 0. The Balaban J connectivity index is 2.53. The molecule has 0 bridgehead atoms. The molecule has 0 saturated heterocycles. The van der Waals surface area contributed by atoms with Gasteiger partial charge in [0.1, 0.15) is 13.2 Å². The Hall–Kier alpha value is -0.160. The minimum atomic E-state index is 0.379. The fourth-order valence-corrected chi connectivity index (χ4v) is 0.235. The molecule has 0 heterocycles. The summed E-state index contributed by atoms with van der Waals surface area (Å²) >= 11 is 0. The molecule has 0 aromatic heterocycles. The normalized spacial score (nSPS) is 9.75. The molecular weight excluding hydrogens is 112 g/mol. The Morgan fingerprint density at radius 1 is 0.875 bits per heavy atom. The second kappa shape index (κ2) is 6.84. The van der Waals surface area contributed by atoms with Crippen molar-refractivity contribution in [3.05, 3.63) is 0 Å². The van der Waals surface area contributed by atoms with Gasteiger partial charge in [0, 0.05) is 0 Å². The van der Waals surface area contributed by atoms with E-state index in [1.54, 1.807) is 0 Å². The highest BCUT2D eigenvalue weighted by Gasteiger charge is 1.83. The zero-order valence-corrected chi connectivity index (χ0v) is 5.05. The molecular formula is C4H10O4. The summed E-state index contributed by atoms with van der Waals surface area (Å²) in [5.74, 6) is 0. The Morgan fingerprint density at radius 2 is 1.25 bits per heavy atom. The highest BCUT2D eigenvalue weighted by atomic mass is 17.2. The van der Waals surface area contributed by atoms with Crippen LogP contribution in [0.3, 0.4) is 0 Å². The second-order valence-electron chi connectivity index (χ2n) is 0.977. The van der Waals surface area contributed by atoms with E-state index in [1.165, 1.54) is 14.2 Å². The van der Waals surface area contributed by atoms with Crippen LogP contribution in [0.1, 0.15) is 0 Å². The summed E-state index contributed by atoms with van der Waals surface area (Å²) in [6.45, 7) is 0.759. The van der Waals surface area contributed by atoms with Crippen molar-refractivity contribution in [3.63, 3.8) is 0 Å². The molecule has 0 spiro atoms. The zero-order valence-electron chi connectivity index (χ0n) is 5.05. The van der Waals surface area contributed by atoms with Gasteiger partial charge < -0.3 is 0 Å². The lowest BCUT2D eigenvalue weighted by Gasteiger charge is -1.97. The minimum Gasteiger partial charge on any atom is -0.240 e. The third-order valence-corrected chi connectivity index (χ3v) is 0.486. The maximum atomic E-state index is 4.43. The molecule has 0 aliphatic carbocycles. The SMILES string of the molecule is COOCCOOC. The molecule has 0 radical (unpaired) electrons. The molecule has 4 heteroatoms. The van der Waals surface area contributed by atoms with Crippen LogP contribution in [0.2, 0.25) is 0 Å². The van der Waals surface area contributed by atoms with Gasteiger partial charge in [-0.05, 0) is 0 Å². The van der Waals surface area contributed by atoms with Crippen LogP contribution in [0.25, 0.3) is 0 Å². The monoisotopic (exact) mass is 122 g/mol. The molecule has 0 rings (SSSR count). The molecule has 8 heavy (non-hydrogen) atoms. The summed E-state index contributed by atoms with van der Waals surface area (Å²) in [4.78, 5) is 17.4. The lowest BCUT2D eigenvalue weighted by molar-refractivity contribution is -0.321. The van der Waals surface area contributed by atoms with Crippen molar-refractivity contribution in [1.29, 1.82) is 0 Å². The molecule has 0 saturated carbocycles. The maximum Gasteiger partial charge on any atom is 0.109 e. The first-order valence-electron chi connectivity index (χ1n) is 2.23. The fraction of sp³-hybridized carbons (Fsp3) is 1.00. The van der Waals surface area contributed by atoms with Crippen LogP contribution in [-0.4, -0.2) is 27.4 Å². The quantitative estimate of drug-likeness (QED) is 0.295. The molecule has 0 aliphatic rings. The van der Waals surface area contributed by atoms with Gasteiger partial charge in [-0.2, -0.15) is 0 Å². The van der Waals surface area contributed by atoms with Gasteiger partial charge in [-0.1, -0.05) is 0 Å².